The lowest BCUT2D eigenvalue weighted by molar-refractivity contribution is 0.359. The standard InChI is InChI=1S/C11H6F2N2O/c1-16-11-9(12)3-2-8(10(11)13)4-7(5-14)6-15/h2-4H,1H3. The molecule has 0 aromatic heterocycles. The highest BCUT2D eigenvalue weighted by Gasteiger charge is 2.13. The maximum absolute atomic E-state index is 13.5. The number of halogens is 2. The van der Waals surface area contributed by atoms with Crippen molar-refractivity contribution in [2.24, 2.45) is 0 Å². The van der Waals surface area contributed by atoms with Crippen LogP contribution in [-0.4, -0.2) is 7.11 Å². The molecule has 0 heterocycles. The minimum absolute atomic E-state index is 0.0728. The minimum atomic E-state index is -0.939. The number of ether oxygens (including phenoxy) is 1. The Morgan fingerprint density at radius 2 is 1.94 bits per heavy atom. The van der Waals surface area contributed by atoms with Crippen LogP contribution < -0.4 is 4.74 Å². The Labute approximate surface area is 90.8 Å². The number of nitriles is 2. The van der Waals surface area contributed by atoms with E-state index in [-0.39, 0.29) is 11.1 Å². The van der Waals surface area contributed by atoms with Crippen molar-refractivity contribution < 1.29 is 13.5 Å². The van der Waals surface area contributed by atoms with Crippen molar-refractivity contribution in [2.75, 3.05) is 7.11 Å². The van der Waals surface area contributed by atoms with Gasteiger partial charge in [0, 0.05) is 5.56 Å². The van der Waals surface area contributed by atoms with Crippen molar-refractivity contribution in [3.05, 3.63) is 34.9 Å². The molecule has 0 N–H and O–H groups in total. The lowest BCUT2D eigenvalue weighted by atomic mass is 10.1. The van der Waals surface area contributed by atoms with E-state index >= 15 is 0 Å². The van der Waals surface area contributed by atoms with Gasteiger partial charge in [-0.3, -0.25) is 0 Å². The van der Waals surface area contributed by atoms with Gasteiger partial charge in [0.05, 0.1) is 7.11 Å². The summed E-state index contributed by atoms with van der Waals surface area (Å²) in [5.41, 5.74) is -0.344. The van der Waals surface area contributed by atoms with E-state index in [0.29, 0.717) is 0 Å². The highest BCUT2D eigenvalue weighted by atomic mass is 19.1. The average Bonchev–Trinajstić information content (AvgIpc) is 2.29. The van der Waals surface area contributed by atoms with Gasteiger partial charge in [-0.1, -0.05) is 0 Å². The molecular weight excluding hydrogens is 214 g/mol. The molecule has 0 aliphatic heterocycles. The van der Waals surface area contributed by atoms with Crippen LogP contribution in [0.3, 0.4) is 0 Å². The molecule has 0 fully saturated rings. The second-order valence-electron chi connectivity index (χ2n) is 2.77. The molecule has 1 aromatic rings. The predicted molar refractivity (Wildman–Crippen MR) is 52.1 cm³/mol. The van der Waals surface area contributed by atoms with E-state index in [9.17, 15) is 8.78 Å². The van der Waals surface area contributed by atoms with Crippen molar-refractivity contribution in [1.29, 1.82) is 10.5 Å². The molecule has 0 amide bonds. The molecule has 16 heavy (non-hydrogen) atoms. The van der Waals surface area contributed by atoms with Crippen LogP contribution in [0.2, 0.25) is 0 Å². The lowest BCUT2D eigenvalue weighted by Gasteiger charge is -2.05. The summed E-state index contributed by atoms with van der Waals surface area (Å²) < 4.78 is 31.1. The molecule has 5 heteroatoms. The number of hydrogen-bond acceptors (Lipinski definition) is 3. The summed E-state index contributed by atoms with van der Waals surface area (Å²) in [4.78, 5) is 0. The Hall–Kier alpha value is -2.40. The number of nitrogens with zero attached hydrogens (tertiary/aromatic N) is 2. The van der Waals surface area contributed by atoms with E-state index in [2.05, 4.69) is 4.74 Å². The summed E-state index contributed by atoms with van der Waals surface area (Å²) in [5.74, 6) is -2.32. The van der Waals surface area contributed by atoms with Gasteiger partial charge in [-0.25, -0.2) is 8.78 Å². The number of hydrogen-bond donors (Lipinski definition) is 0. The fraction of sp³-hybridized carbons (Fsp3) is 0.0909. The monoisotopic (exact) mass is 220 g/mol. The Kier molecular flexibility index (Phi) is 3.58. The molecule has 0 atom stereocenters. The van der Waals surface area contributed by atoms with E-state index in [1.54, 1.807) is 12.1 Å². The summed E-state index contributed by atoms with van der Waals surface area (Å²) in [6.07, 6.45) is 1.03. The first-order valence-electron chi connectivity index (χ1n) is 4.18. The zero-order chi connectivity index (χ0) is 12.1. The van der Waals surface area contributed by atoms with Gasteiger partial charge >= 0.3 is 0 Å². The van der Waals surface area contributed by atoms with Crippen molar-refractivity contribution in [1.82, 2.24) is 0 Å². The van der Waals surface area contributed by atoms with Crippen LogP contribution in [0.15, 0.2) is 17.7 Å². The maximum Gasteiger partial charge on any atom is 0.190 e. The third kappa shape index (κ3) is 2.15. The molecule has 3 nitrogen and oxygen atoms in total. The third-order valence-corrected chi connectivity index (χ3v) is 1.82. The van der Waals surface area contributed by atoms with Gasteiger partial charge in [-0.2, -0.15) is 10.5 Å². The van der Waals surface area contributed by atoms with Crippen LogP contribution in [0.5, 0.6) is 5.75 Å². The largest absolute Gasteiger partial charge is 0.491 e. The molecule has 0 radical (unpaired) electrons. The van der Waals surface area contributed by atoms with E-state index in [0.717, 1.165) is 25.3 Å². The smallest absolute Gasteiger partial charge is 0.190 e. The van der Waals surface area contributed by atoms with E-state index < -0.39 is 17.4 Å². The van der Waals surface area contributed by atoms with Crippen molar-refractivity contribution in [2.45, 2.75) is 0 Å². The SMILES string of the molecule is COc1c(F)ccc(C=C(C#N)C#N)c1F. The summed E-state index contributed by atoms with van der Waals surface area (Å²) >= 11 is 0. The van der Waals surface area contributed by atoms with Gasteiger partial charge in [0.1, 0.15) is 17.7 Å². The summed E-state index contributed by atoms with van der Waals surface area (Å²) in [6, 6.07) is 5.28. The molecule has 0 bridgehead atoms. The number of allylic oxidation sites excluding steroid dienone is 1. The molecule has 0 saturated heterocycles. The molecule has 80 valence electrons. The molecule has 0 unspecified atom stereocenters. The highest BCUT2D eigenvalue weighted by Crippen LogP contribution is 2.25. The fourth-order valence-electron chi connectivity index (χ4n) is 1.09. The number of benzene rings is 1. The number of rotatable bonds is 2. The second-order valence-corrected chi connectivity index (χ2v) is 2.77. The van der Waals surface area contributed by atoms with Gasteiger partial charge in [0.2, 0.25) is 0 Å². The van der Waals surface area contributed by atoms with Gasteiger partial charge in [0.25, 0.3) is 0 Å². The molecule has 0 saturated carbocycles. The van der Waals surface area contributed by atoms with Gasteiger partial charge in [-0.05, 0) is 18.2 Å². The van der Waals surface area contributed by atoms with Crippen LogP contribution in [0.25, 0.3) is 6.08 Å². The first kappa shape index (κ1) is 11.7. The fourth-order valence-corrected chi connectivity index (χ4v) is 1.09. The predicted octanol–water partition coefficient (Wildman–Crippen LogP) is 2.40. The lowest BCUT2D eigenvalue weighted by Crippen LogP contribution is -1.95. The Morgan fingerprint density at radius 1 is 1.31 bits per heavy atom. The Morgan fingerprint density at radius 3 is 2.44 bits per heavy atom. The van der Waals surface area contributed by atoms with Crippen molar-refractivity contribution >= 4 is 6.08 Å². The maximum atomic E-state index is 13.5. The van der Waals surface area contributed by atoms with Crippen LogP contribution in [-0.2, 0) is 0 Å². The van der Waals surface area contributed by atoms with Gasteiger partial charge in [0.15, 0.2) is 17.4 Å². The van der Waals surface area contributed by atoms with Gasteiger partial charge in [-0.15, -0.1) is 0 Å². The van der Waals surface area contributed by atoms with Gasteiger partial charge < -0.3 is 4.74 Å². The average molecular weight is 220 g/mol. The quantitative estimate of drug-likeness (QED) is 0.719. The zero-order valence-electron chi connectivity index (χ0n) is 8.29. The minimum Gasteiger partial charge on any atom is -0.491 e. The molecule has 0 aliphatic rings. The highest BCUT2D eigenvalue weighted by molar-refractivity contribution is 5.63. The Bertz CT molecular complexity index is 508. The normalized spacial score (nSPS) is 8.81. The molecule has 1 rings (SSSR count). The topological polar surface area (TPSA) is 56.8 Å². The molecule has 1 aromatic carbocycles. The van der Waals surface area contributed by atoms with E-state index in [1.807, 2.05) is 0 Å². The van der Waals surface area contributed by atoms with Crippen LogP contribution in [0.4, 0.5) is 8.78 Å². The van der Waals surface area contributed by atoms with Crippen LogP contribution in [0, 0.1) is 34.3 Å². The van der Waals surface area contributed by atoms with E-state index in [4.69, 9.17) is 10.5 Å². The van der Waals surface area contributed by atoms with Crippen molar-refractivity contribution in [3.8, 4) is 17.9 Å². The third-order valence-electron chi connectivity index (χ3n) is 1.82. The summed E-state index contributed by atoms with van der Waals surface area (Å²) in [7, 11) is 1.13. The van der Waals surface area contributed by atoms with E-state index in [1.165, 1.54) is 0 Å². The van der Waals surface area contributed by atoms with Crippen molar-refractivity contribution in [3.63, 3.8) is 0 Å². The first-order chi connectivity index (χ1) is 7.63. The summed E-state index contributed by atoms with van der Waals surface area (Å²) in [5, 5.41) is 17.0. The van der Waals surface area contributed by atoms with Crippen LogP contribution in [0.1, 0.15) is 5.56 Å². The van der Waals surface area contributed by atoms with Crippen LogP contribution >= 0.6 is 0 Å². The molecule has 0 aliphatic carbocycles. The zero-order valence-corrected chi connectivity index (χ0v) is 8.29. The first-order valence-corrected chi connectivity index (χ1v) is 4.18. The molecular formula is C11H6F2N2O. The molecule has 0 spiro atoms. The summed E-state index contributed by atoms with van der Waals surface area (Å²) in [6.45, 7) is 0. The Balaban J connectivity index is 3.35. The second kappa shape index (κ2) is 4.90. The number of methoxy groups -OCH3 is 1.